The molecule has 2 aromatic rings. The molecule has 1 N–H and O–H groups in total. The standard InChI is InChI=1S/C21H28N4O2/c1-14(26)22-12-17-10-16-8-9-25(17)13-19(16)21-11-20(23-24(21)2)15-4-6-18(27-3)7-5-15/h4-7,11,16-17,19H,8-10,12-13H2,1-3H3,(H,22,26)/t16-,17-,19+/m1/s1. The summed E-state index contributed by atoms with van der Waals surface area (Å²) in [5.41, 5.74) is 3.44. The van der Waals surface area contributed by atoms with Gasteiger partial charge >= 0.3 is 0 Å². The lowest BCUT2D eigenvalue weighted by Crippen LogP contribution is -2.56. The first-order valence-electron chi connectivity index (χ1n) is 9.72. The number of fused-ring (bicyclic) bond motifs is 3. The molecular weight excluding hydrogens is 340 g/mol. The summed E-state index contributed by atoms with van der Waals surface area (Å²) in [6.45, 7) is 4.54. The normalized spacial score (nSPS) is 26.8. The molecule has 5 rings (SSSR count). The fourth-order valence-corrected chi connectivity index (χ4v) is 4.68. The van der Waals surface area contributed by atoms with E-state index in [-0.39, 0.29) is 5.91 Å². The predicted molar refractivity (Wildman–Crippen MR) is 105 cm³/mol. The average Bonchev–Trinajstić information content (AvgIpc) is 3.08. The van der Waals surface area contributed by atoms with Crippen molar-refractivity contribution in [2.45, 2.75) is 31.7 Å². The molecular formula is C21H28N4O2. The van der Waals surface area contributed by atoms with Gasteiger partial charge in [0.05, 0.1) is 12.8 Å². The molecule has 2 bridgehead atoms. The molecule has 6 nitrogen and oxygen atoms in total. The van der Waals surface area contributed by atoms with Crippen LogP contribution in [0.1, 0.15) is 31.4 Å². The SMILES string of the molecule is COc1ccc(-c2cc([C@H]3CN4CC[C@@H]3C[C@@H]4CNC(C)=O)n(C)n2)cc1. The second-order valence-corrected chi connectivity index (χ2v) is 7.78. The Hall–Kier alpha value is -2.34. The van der Waals surface area contributed by atoms with E-state index >= 15 is 0 Å². The summed E-state index contributed by atoms with van der Waals surface area (Å²) in [4.78, 5) is 13.8. The number of methoxy groups -OCH3 is 1. The number of aromatic nitrogens is 2. The van der Waals surface area contributed by atoms with E-state index in [2.05, 4.69) is 40.1 Å². The van der Waals surface area contributed by atoms with Gasteiger partial charge in [-0.3, -0.25) is 14.4 Å². The van der Waals surface area contributed by atoms with Crippen molar-refractivity contribution in [1.29, 1.82) is 0 Å². The van der Waals surface area contributed by atoms with E-state index in [1.165, 1.54) is 12.1 Å². The van der Waals surface area contributed by atoms with E-state index in [9.17, 15) is 4.79 Å². The number of amides is 1. The molecule has 3 fully saturated rings. The Labute approximate surface area is 160 Å². The number of rotatable bonds is 5. The molecule has 4 atom stereocenters. The van der Waals surface area contributed by atoms with Gasteiger partial charge in [0, 0.05) is 50.3 Å². The van der Waals surface area contributed by atoms with Crippen LogP contribution in [0.3, 0.4) is 0 Å². The molecule has 4 heterocycles. The van der Waals surface area contributed by atoms with Crippen molar-refractivity contribution in [3.05, 3.63) is 36.0 Å². The lowest BCUT2D eigenvalue weighted by molar-refractivity contribution is -0.119. The van der Waals surface area contributed by atoms with Crippen LogP contribution in [0.5, 0.6) is 5.75 Å². The Morgan fingerprint density at radius 3 is 2.74 bits per heavy atom. The van der Waals surface area contributed by atoms with Crippen molar-refractivity contribution in [1.82, 2.24) is 20.0 Å². The summed E-state index contributed by atoms with van der Waals surface area (Å²) < 4.78 is 7.30. The lowest BCUT2D eigenvalue weighted by atomic mass is 9.74. The number of hydrogen-bond donors (Lipinski definition) is 1. The number of hydrogen-bond acceptors (Lipinski definition) is 4. The molecule has 27 heavy (non-hydrogen) atoms. The Morgan fingerprint density at radius 1 is 1.33 bits per heavy atom. The van der Waals surface area contributed by atoms with Crippen molar-refractivity contribution < 1.29 is 9.53 Å². The largest absolute Gasteiger partial charge is 0.497 e. The molecule has 0 spiro atoms. The van der Waals surface area contributed by atoms with Gasteiger partial charge in [-0.1, -0.05) is 0 Å². The highest BCUT2D eigenvalue weighted by atomic mass is 16.5. The topological polar surface area (TPSA) is 59.4 Å². The second kappa shape index (κ2) is 7.35. The van der Waals surface area contributed by atoms with Crippen molar-refractivity contribution in [2.75, 3.05) is 26.7 Å². The maximum atomic E-state index is 11.3. The van der Waals surface area contributed by atoms with Gasteiger partial charge in [-0.25, -0.2) is 0 Å². The first-order valence-corrected chi connectivity index (χ1v) is 9.72. The van der Waals surface area contributed by atoms with E-state index in [0.29, 0.717) is 17.9 Å². The van der Waals surface area contributed by atoms with Gasteiger partial charge in [-0.05, 0) is 55.6 Å². The third kappa shape index (κ3) is 3.58. The summed E-state index contributed by atoms with van der Waals surface area (Å²) >= 11 is 0. The van der Waals surface area contributed by atoms with Gasteiger partial charge in [-0.15, -0.1) is 0 Å². The molecule has 144 valence electrons. The van der Waals surface area contributed by atoms with Crippen LogP contribution in [0, 0.1) is 5.92 Å². The smallest absolute Gasteiger partial charge is 0.216 e. The maximum Gasteiger partial charge on any atom is 0.216 e. The molecule has 1 unspecified atom stereocenters. The fraction of sp³-hybridized carbons (Fsp3) is 0.524. The Morgan fingerprint density at radius 2 is 2.11 bits per heavy atom. The van der Waals surface area contributed by atoms with Gasteiger partial charge in [0.1, 0.15) is 5.75 Å². The van der Waals surface area contributed by atoms with Crippen LogP contribution in [0.2, 0.25) is 0 Å². The van der Waals surface area contributed by atoms with Crippen LogP contribution in [-0.2, 0) is 11.8 Å². The zero-order valence-electron chi connectivity index (χ0n) is 16.3. The maximum absolute atomic E-state index is 11.3. The highest BCUT2D eigenvalue weighted by Gasteiger charge is 2.41. The number of piperidine rings is 3. The first-order chi connectivity index (χ1) is 13.0. The number of benzene rings is 1. The van der Waals surface area contributed by atoms with Crippen LogP contribution in [0.25, 0.3) is 11.3 Å². The number of carbonyl (C=O) groups excluding carboxylic acids is 1. The average molecular weight is 368 g/mol. The van der Waals surface area contributed by atoms with Crippen LogP contribution in [-0.4, -0.2) is 53.4 Å². The van der Waals surface area contributed by atoms with Crippen molar-refractivity contribution in [2.24, 2.45) is 13.0 Å². The number of nitrogens with zero attached hydrogens (tertiary/aromatic N) is 3. The van der Waals surface area contributed by atoms with E-state index in [1.54, 1.807) is 14.0 Å². The molecule has 0 aliphatic carbocycles. The minimum absolute atomic E-state index is 0.0602. The molecule has 3 aliphatic rings. The van der Waals surface area contributed by atoms with Gasteiger partial charge in [0.25, 0.3) is 0 Å². The lowest BCUT2D eigenvalue weighted by Gasteiger charge is -2.49. The molecule has 0 saturated carbocycles. The van der Waals surface area contributed by atoms with Crippen LogP contribution in [0.4, 0.5) is 0 Å². The number of aryl methyl sites for hydroxylation is 1. The zero-order chi connectivity index (χ0) is 19.0. The van der Waals surface area contributed by atoms with Gasteiger partial charge in [-0.2, -0.15) is 5.10 Å². The van der Waals surface area contributed by atoms with Crippen molar-refractivity contribution in [3.63, 3.8) is 0 Å². The predicted octanol–water partition coefficient (Wildman–Crippen LogP) is 2.41. The first kappa shape index (κ1) is 18.0. The Bertz CT molecular complexity index is 814. The molecule has 1 amide bonds. The van der Waals surface area contributed by atoms with E-state index in [1.807, 2.05) is 12.1 Å². The van der Waals surface area contributed by atoms with Crippen LogP contribution < -0.4 is 10.1 Å². The number of carbonyl (C=O) groups is 1. The summed E-state index contributed by atoms with van der Waals surface area (Å²) in [5, 5.41) is 7.77. The minimum Gasteiger partial charge on any atom is -0.497 e. The monoisotopic (exact) mass is 368 g/mol. The van der Waals surface area contributed by atoms with Crippen molar-refractivity contribution in [3.8, 4) is 17.0 Å². The quantitative estimate of drug-likeness (QED) is 0.881. The summed E-state index contributed by atoms with van der Waals surface area (Å²) in [5.74, 6) is 2.09. The summed E-state index contributed by atoms with van der Waals surface area (Å²) in [6.07, 6.45) is 2.37. The summed E-state index contributed by atoms with van der Waals surface area (Å²) in [6, 6.07) is 10.8. The molecule has 1 aromatic heterocycles. The Kier molecular flexibility index (Phi) is 4.91. The number of nitrogens with one attached hydrogen (secondary N) is 1. The van der Waals surface area contributed by atoms with Crippen molar-refractivity contribution >= 4 is 5.91 Å². The highest BCUT2D eigenvalue weighted by Crippen LogP contribution is 2.42. The van der Waals surface area contributed by atoms with E-state index in [4.69, 9.17) is 9.84 Å². The van der Waals surface area contributed by atoms with Gasteiger partial charge in [0.15, 0.2) is 0 Å². The van der Waals surface area contributed by atoms with E-state index in [0.717, 1.165) is 43.1 Å². The summed E-state index contributed by atoms with van der Waals surface area (Å²) in [7, 11) is 3.73. The van der Waals surface area contributed by atoms with Crippen LogP contribution >= 0.6 is 0 Å². The molecule has 1 aromatic carbocycles. The van der Waals surface area contributed by atoms with Crippen LogP contribution in [0.15, 0.2) is 30.3 Å². The molecule has 6 heteroatoms. The molecule has 3 saturated heterocycles. The third-order valence-corrected chi connectivity index (χ3v) is 6.15. The van der Waals surface area contributed by atoms with E-state index < -0.39 is 0 Å². The highest BCUT2D eigenvalue weighted by molar-refractivity contribution is 5.72. The molecule has 0 radical (unpaired) electrons. The zero-order valence-corrected chi connectivity index (χ0v) is 16.3. The van der Waals surface area contributed by atoms with Gasteiger partial charge < -0.3 is 10.1 Å². The minimum atomic E-state index is 0.0602. The Balaban J connectivity index is 1.51. The fourth-order valence-electron chi connectivity index (χ4n) is 4.68. The third-order valence-electron chi connectivity index (χ3n) is 6.15. The van der Waals surface area contributed by atoms with Gasteiger partial charge in [0.2, 0.25) is 5.91 Å². The number of ether oxygens (including phenoxy) is 1. The second-order valence-electron chi connectivity index (χ2n) is 7.78. The molecule has 3 aliphatic heterocycles.